The molecule has 1 atom stereocenters. The predicted octanol–water partition coefficient (Wildman–Crippen LogP) is 4.96. The zero-order valence-electron chi connectivity index (χ0n) is 17.6. The van der Waals surface area contributed by atoms with Gasteiger partial charge in [-0.1, -0.05) is 60.1 Å². The van der Waals surface area contributed by atoms with Gasteiger partial charge in [-0.2, -0.15) is 0 Å². The average molecular weight is 471 g/mol. The van der Waals surface area contributed by atoms with E-state index in [1.807, 2.05) is 42.5 Å². The third-order valence-corrected chi connectivity index (χ3v) is 6.24. The molecule has 0 saturated carbocycles. The smallest absolute Gasteiger partial charge is 0.242 e. The van der Waals surface area contributed by atoms with Crippen molar-refractivity contribution in [2.24, 2.45) is 0 Å². The minimum absolute atomic E-state index is 0.00238. The van der Waals surface area contributed by atoms with Crippen LogP contribution in [0, 0.1) is 5.82 Å². The zero-order chi connectivity index (χ0) is 22.9. The molecule has 4 nitrogen and oxygen atoms in total. The Morgan fingerprint density at radius 2 is 1.66 bits per heavy atom. The van der Waals surface area contributed by atoms with Crippen LogP contribution in [0.3, 0.4) is 0 Å². The number of carbonyl (C=O) groups is 2. The Morgan fingerprint density at radius 3 is 2.31 bits per heavy atom. The first-order valence-electron chi connectivity index (χ1n) is 10.1. The fourth-order valence-corrected chi connectivity index (χ4v) is 4.20. The average Bonchev–Trinajstić information content (AvgIpc) is 2.82. The molecule has 1 N–H and O–H groups in total. The van der Waals surface area contributed by atoms with Crippen LogP contribution in [0.25, 0.3) is 0 Å². The van der Waals surface area contributed by atoms with E-state index in [1.54, 1.807) is 30.3 Å². The van der Waals surface area contributed by atoms with Gasteiger partial charge in [0.25, 0.3) is 0 Å². The summed E-state index contributed by atoms with van der Waals surface area (Å²) >= 11 is 7.28. The van der Waals surface area contributed by atoms with Crippen molar-refractivity contribution >= 4 is 35.2 Å². The molecule has 7 heteroatoms. The Labute approximate surface area is 196 Å². The summed E-state index contributed by atoms with van der Waals surface area (Å²) in [5.41, 5.74) is 1.28. The van der Waals surface area contributed by atoms with E-state index in [-0.39, 0.29) is 24.1 Å². The lowest BCUT2D eigenvalue weighted by atomic mass is 10.0. The van der Waals surface area contributed by atoms with Crippen molar-refractivity contribution in [1.82, 2.24) is 10.2 Å². The third kappa shape index (κ3) is 6.58. The van der Waals surface area contributed by atoms with Gasteiger partial charge in [0, 0.05) is 35.5 Å². The van der Waals surface area contributed by atoms with Gasteiger partial charge in [0.1, 0.15) is 11.9 Å². The van der Waals surface area contributed by atoms with E-state index in [9.17, 15) is 14.0 Å². The van der Waals surface area contributed by atoms with Crippen LogP contribution < -0.4 is 5.32 Å². The highest BCUT2D eigenvalue weighted by atomic mass is 35.5. The first-order chi connectivity index (χ1) is 15.5. The second kappa shape index (κ2) is 11.7. The van der Waals surface area contributed by atoms with Crippen LogP contribution in [0.1, 0.15) is 11.1 Å². The van der Waals surface area contributed by atoms with Crippen molar-refractivity contribution in [1.29, 1.82) is 0 Å². The van der Waals surface area contributed by atoms with Crippen molar-refractivity contribution in [3.63, 3.8) is 0 Å². The molecule has 0 aliphatic heterocycles. The molecule has 0 aliphatic carbocycles. The van der Waals surface area contributed by atoms with Gasteiger partial charge in [-0.15, -0.1) is 11.8 Å². The number of halogens is 2. The number of rotatable bonds is 9. The molecule has 0 saturated heterocycles. The first-order valence-corrected chi connectivity index (χ1v) is 11.5. The number of hydrogen-bond donors (Lipinski definition) is 1. The molecule has 3 aromatic carbocycles. The third-order valence-electron chi connectivity index (χ3n) is 4.99. The minimum Gasteiger partial charge on any atom is -0.357 e. The fraction of sp³-hybridized carbons (Fsp3) is 0.200. The highest BCUT2D eigenvalue weighted by Crippen LogP contribution is 2.23. The fourth-order valence-electron chi connectivity index (χ4n) is 3.29. The van der Waals surface area contributed by atoms with Crippen molar-refractivity contribution in [2.75, 3.05) is 12.8 Å². The molecule has 0 heterocycles. The molecule has 2 amide bonds. The summed E-state index contributed by atoms with van der Waals surface area (Å²) in [4.78, 5) is 28.5. The van der Waals surface area contributed by atoms with E-state index in [0.29, 0.717) is 17.0 Å². The number of nitrogens with zero attached hydrogens (tertiary/aromatic N) is 1. The maximum atomic E-state index is 14.4. The number of benzene rings is 3. The Morgan fingerprint density at radius 1 is 1.00 bits per heavy atom. The second-order valence-electron chi connectivity index (χ2n) is 7.18. The van der Waals surface area contributed by atoms with Crippen LogP contribution >= 0.6 is 23.4 Å². The highest BCUT2D eigenvalue weighted by Gasteiger charge is 2.30. The molecule has 0 radical (unpaired) electrons. The summed E-state index contributed by atoms with van der Waals surface area (Å²) in [6, 6.07) is 22.2. The number of hydrogen-bond acceptors (Lipinski definition) is 3. The van der Waals surface area contributed by atoms with Gasteiger partial charge >= 0.3 is 0 Å². The lowest BCUT2D eigenvalue weighted by Gasteiger charge is -2.31. The van der Waals surface area contributed by atoms with E-state index in [1.165, 1.54) is 29.8 Å². The Hall–Kier alpha value is -2.83. The molecular formula is C25H24ClFN2O2S. The van der Waals surface area contributed by atoms with Crippen LogP contribution in [-0.4, -0.2) is 35.6 Å². The predicted molar refractivity (Wildman–Crippen MR) is 127 cm³/mol. The summed E-state index contributed by atoms with van der Waals surface area (Å²) in [5, 5.41) is 3.27. The molecule has 0 aromatic heterocycles. The van der Waals surface area contributed by atoms with Crippen LogP contribution in [-0.2, 0) is 22.6 Å². The van der Waals surface area contributed by atoms with E-state index >= 15 is 0 Å². The molecule has 0 aliphatic rings. The molecule has 0 fully saturated rings. The number of amides is 2. The normalized spacial score (nSPS) is 11.6. The van der Waals surface area contributed by atoms with Crippen LogP contribution in [0.4, 0.5) is 4.39 Å². The molecule has 0 bridgehead atoms. The van der Waals surface area contributed by atoms with E-state index in [2.05, 4.69) is 5.32 Å². The van der Waals surface area contributed by atoms with E-state index in [0.717, 1.165) is 10.5 Å². The van der Waals surface area contributed by atoms with Gasteiger partial charge in [-0.05, 0) is 35.9 Å². The minimum atomic E-state index is -0.777. The lowest BCUT2D eigenvalue weighted by Crippen LogP contribution is -2.50. The molecule has 32 heavy (non-hydrogen) atoms. The first kappa shape index (κ1) is 23.8. The Balaban J connectivity index is 1.87. The van der Waals surface area contributed by atoms with Gasteiger partial charge in [0.05, 0.1) is 5.75 Å². The maximum Gasteiger partial charge on any atom is 0.242 e. The van der Waals surface area contributed by atoms with Crippen molar-refractivity contribution in [3.05, 3.63) is 101 Å². The highest BCUT2D eigenvalue weighted by molar-refractivity contribution is 8.00. The van der Waals surface area contributed by atoms with E-state index < -0.39 is 11.9 Å². The summed E-state index contributed by atoms with van der Waals surface area (Å²) in [6.45, 7) is -0.00238. The standard InChI is InChI=1S/C25H24ClFN2O2S/c1-28-25(31)23(15-18-7-3-2-4-8-18)29(16-19-9-5-6-10-22(19)27)24(30)17-32-21-13-11-20(26)12-14-21/h2-14,23H,15-17H2,1H3,(H,28,31)/t23-/m0/s1. The maximum absolute atomic E-state index is 14.4. The van der Waals surface area contributed by atoms with Crippen molar-refractivity contribution in [2.45, 2.75) is 23.9 Å². The SMILES string of the molecule is CNC(=O)[C@H](Cc1ccccc1)N(Cc1ccccc1F)C(=O)CSc1ccc(Cl)cc1. The summed E-state index contributed by atoms with van der Waals surface area (Å²) in [6.07, 6.45) is 0.326. The molecule has 0 unspecified atom stereocenters. The Kier molecular flexibility index (Phi) is 8.71. The second-order valence-corrected chi connectivity index (χ2v) is 8.66. The summed E-state index contributed by atoms with van der Waals surface area (Å²) in [7, 11) is 1.54. The summed E-state index contributed by atoms with van der Waals surface area (Å²) in [5.74, 6) is -0.850. The largest absolute Gasteiger partial charge is 0.357 e. The van der Waals surface area contributed by atoms with Crippen LogP contribution in [0.15, 0.2) is 83.8 Å². The van der Waals surface area contributed by atoms with Crippen molar-refractivity contribution in [3.8, 4) is 0 Å². The molecule has 166 valence electrons. The van der Waals surface area contributed by atoms with Crippen molar-refractivity contribution < 1.29 is 14.0 Å². The van der Waals surface area contributed by atoms with E-state index in [4.69, 9.17) is 11.6 Å². The van der Waals surface area contributed by atoms with Gasteiger partial charge in [0.15, 0.2) is 0 Å². The monoisotopic (exact) mass is 470 g/mol. The van der Waals surface area contributed by atoms with Gasteiger partial charge in [0.2, 0.25) is 11.8 Å². The Bertz CT molecular complexity index is 1050. The van der Waals surface area contributed by atoms with Gasteiger partial charge in [-0.3, -0.25) is 9.59 Å². The van der Waals surface area contributed by atoms with Gasteiger partial charge < -0.3 is 10.2 Å². The number of likely N-dealkylation sites (N-methyl/N-ethyl adjacent to an activating group) is 1. The molecule has 3 aromatic rings. The molecule has 0 spiro atoms. The summed E-state index contributed by atoms with van der Waals surface area (Å²) < 4.78 is 14.4. The number of thioether (sulfide) groups is 1. The molecular weight excluding hydrogens is 447 g/mol. The topological polar surface area (TPSA) is 49.4 Å². The quantitative estimate of drug-likeness (QED) is 0.450. The number of nitrogens with one attached hydrogen (secondary N) is 1. The zero-order valence-corrected chi connectivity index (χ0v) is 19.2. The van der Waals surface area contributed by atoms with Crippen LogP contribution in [0.2, 0.25) is 5.02 Å². The number of carbonyl (C=O) groups excluding carboxylic acids is 2. The van der Waals surface area contributed by atoms with Crippen LogP contribution in [0.5, 0.6) is 0 Å². The lowest BCUT2D eigenvalue weighted by molar-refractivity contribution is -0.139. The molecule has 3 rings (SSSR count). The van der Waals surface area contributed by atoms with Gasteiger partial charge in [-0.25, -0.2) is 4.39 Å².